The molecule has 2 aromatic rings. The highest BCUT2D eigenvalue weighted by molar-refractivity contribution is 7.89. The first-order valence-corrected chi connectivity index (χ1v) is 13.2. The molecule has 1 aliphatic heterocycles. The molecular weight excluding hydrogens is 476 g/mol. The first-order chi connectivity index (χ1) is 16.1. The second-order valence-corrected chi connectivity index (χ2v) is 11.1. The van der Waals surface area contributed by atoms with Gasteiger partial charge in [0, 0.05) is 24.7 Å². The molecule has 0 bridgehead atoms. The first-order valence-electron chi connectivity index (χ1n) is 11.3. The molecule has 0 aliphatic carbocycles. The van der Waals surface area contributed by atoms with Crippen LogP contribution in [0.1, 0.15) is 35.1 Å². The number of piperidine rings is 1. The molecule has 7 nitrogen and oxygen atoms in total. The summed E-state index contributed by atoms with van der Waals surface area (Å²) in [5, 5.41) is 3.38. The van der Waals surface area contributed by atoms with Crippen LogP contribution < -0.4 is 5.32 Å². The minimum atomic E-state index is -3.64. The fourth-order valence-corrected chi connectivity index (χ4v) is 6.34. The Morgan fingerprint density at radius 2 is 1.65 bits per heavy atom. The van der Waals surface area contributed by atoms with E-state index in [2.05, 4.69) is 5.32 Å². The van der Waals surface area contributed by atoms with E-state index in [1.165, 1.54) is 4.31 Å². The molecule has 0 atom stereocenters. The average Bonchev–Trinajstić information content (AvgIpc) is 2.78. The molecule has 0 spiro atoms. The van der Waals surface area contributed by atoms with Gasteiger partial charge in [0.2, 0.25) is 10.0 Å². The second kappa shape index (κ2) is 11.3. The Morgan fingerprint density at radius 3 is 2.24 bits per heavy atom. The van der Waals surface area contributed by atoms with Gasteiger partial charge in [-0.05, 0) is 68.9 Å². The van der Waals surface area contributed by atoms with E-state index in [0.717, 1.165) is 22.3 Å². The van der Waals surface area contributed by atoms with Crippen LogP contribution in [-0.2, 0) is 30.8 Å². The molecule has 0 unspecified atom stereocenters. The van der Waals surface area contributed by atoms with Gasteiger partial charge in [0.1, 0.15) is 0 Å². The zero-order chi connectivity index (χ0) is 24.9. The van der Waals surface area contributed by atoms with Crippen LogP contribution in [0.15, 0.2) is 41.3 Å². The number of rotatable bonds is 8. The highest BCUT2D eigenvalue weighted by Gasteiger charge is 2.34. The molecule has 1 fully saturated rings. The van der Waals surface area contributed by atoms with Gasteiger partial charge in [0.05, 0.1) is 10.8 Å². The van der Waals surface area contributed by atoms with Crippen LogP contribution >= 0.6 is 11.6 Å². The lowest BCUT2D eigenvalue weighted by atomic mass is 9.98. The number of carbonyl (C=O) groups is 2. The number of hydrogen-bond donors (Lipinski definition) is 1. The third kappa shape index (κ3) is 6.58. The number of hydrogen-bond acceptors (Lipinski definition) is 5. The van der Waals surface area contributed by atoms with E-state index in [1.54, 1.807) is 26.0 Å². The maximum Gasteiger partial charge on any atom is 0.309 e. The molecule has 184 valence electrons. The zero-order valence-corrected chi connectivity index (χ0v) is 21.3. The summed E-state index contributed by atoms with van der Waals surface area (Å²) in [5.74, 6) is -1.26. The van der Waals surface area contributed by atoms with Gasteiger partial charge >= 0.3 is 5.97 Å². The van der Waals surface area contributed by atoms with Crippen molar-refractivity contribution < 1.29 is 22.7 Å². The maximum atomic E-state index is 13.2. The van der Waals surface area contributed by atoms with Crippen LogP contribution in [0.5, 0.6) is 0 Å². The summed E-state index contributed by atoms with van der Waals surface area (Å²) in [6.45, 7) is 6.10. The molecule has 1 amide bonds. The van der Waals surface area contributed by atoms with Gasteiger partial charge in [-0.1, -0.05) is 41.4 Å². The Morgan fingerprint density at radius 1 is 1.06 bits per heavy atom. The van der Waals surface area contributed by atoms with Crippen molar-refractivity contribution in [1.29, 1.82) is 0 Å². The van der Waals surface area contributed by atoms with Gasteiger partial charge in [-0.2, -0.15) is 4.31 Å². The molecule has 9 heteroatoms. The molecule has 1 heterocycles. The van der Waals surface area contributed by atoms with E-state index in [4.69, 9.17) is 16.3 Å². The van der Waals surface area contributed by atoms with Crippen molar-refractivity contribution >= 4 is 33.5 Å². The second-order valence-electron chi connectivity index (χ2n) is 8.74. The molecule has 34 heavy (non-hydrogen) atoms. The minimum Gasteiger partial charge on any atom is -0.455 e. The Balaban J connectivity index is 1.44. The number of benzene rings is 2. The molecule has 0 saturated carbocycles. The highest BCUT2D eigenvalue weighted by Crippen LogP contribution is 2.29. The lowest BCUT2D eigenvalue weighted by molar-refractivity contribution is -0.153. The number of nitrogens with zero attached hydrogens (tertiary/aromatic N) is 1. The van der Waals surface area contributed by atoms with Crippen molar-refractivity contribution in [3.63, 3.8) is 0 Å². The average molecular weight is 507 g/mol. The van der Waals surface area contributed by atoms with Crippen molar-refractivity contribution in [1.82, 2.24) is 9.62 Å². The third-order valence-corrected chi connectivity index (χ3v) is 8.44. The summed E-state index contributed by atoms with van der Waals surface area (Å²) in [7, 11) is -3.64. The SMILES string of the molecule is Cc1cc(C)c(S(=O)(=O)N2CCC(C(=O)OCC(=O)NCCc3ccc(Cl)cc3)CC2)c(C)c1. The largest absolute Gasteiger partial charge is 0.455 e. The van der Waals surface area contributed by atoms with Gasteiger partial charge < -0.3 is 10.1 Å². The van der Waals surface area contributed by atoms with E-state index in [0.29, 0.717) is 35.7 Å². The van der Waals surface area contributed by atoms with E-state index >= 15 is 0 Å². The molecule has 1 saturated heterocycles. The molecule has 0 radical (unpaired) electrons. The first kappa shape index (κ1) is 26.2. The van der Waals surface area contributed by atoms with Crippen molar-refractivity contribution in [2.75, 3.05) is 26.2 Å². The van der Waals surface area contributed by atoms with Crippen molar-refractivity contribution in [2.45, 2.75) is 44.9 Å². The van der Waals surface area contributed by atoms with Crippen LogP contribution in [0.25, 0.3) is 0 Å². The van der Waals surface area contributed by atoms with Crippen LogP contribution in [0.4, 0.5) is 0 Å². The number of nitrogens with one attached hydrogen (secondary N) is 1. The summed E-state index contributed by atoms with van der Waals surface area (Å²) in [4.78, 5) is 24.8. The third-order valence-electron chi connectivity index (χ3n) is 5.98. The fourth-order valence-electron chi connectivity index (χ4n) is 4.34. The van der Waals surface area contributed by atoms with Crippen molar-refractivity contribution in [3.8, 4) is 0 Å². The quantitative estimate of drug-likeness (QED) is 0.552. The Labute approximate surface area is 206 Å². The van der Waals surface area contributed by atoms with Gasteiger partial charge in [0.15, 0.2) is 6.61 Å². The van der Waals surface area contributed by atoms with E-state index in [1.807, 2.05) is 31.2 Å². The van der Waals surface area contributed by atoms with E-state index in [9.17, 15) is 18.0 Å². The predicted octanol–water partition coefficient (Wildman–Crippen LogP) is 3.57. The topological polar surface area (TPSA) is 92.8 Å². The lowest BCUT2D eigenvalue weighted by Gasteiger charge is -2.31. The van der Waals surface area contributed by atoms with Crippen molar-refractivity contribution in [3.05, 3.63) is 63.7 Å². The van der Waals surface area contributed by atoms with Crippen LogP contribution in [-0.4, -0.2) is 50.8 Å². The molecule has 1 N–H and O–H groups in total. The highest BCUT2D eigenvalue weighted by atomic mass is 35.5. The molecule has 0 aromatic heterocycles. The normalized spacial score (nSPS) is 15.2. The van der Waals surface area contributed by atoms with Crippen LogP contribution in [0.3, 0.4) is 0 Å². The monoisotopic (exact) mass is 506 g/mol. The summed E-state index contributed by atoms with van der Waals surface area (Å²) in [5.41, 5.74) is 3.51. The molecule has 1 aliphatic rings. The van der Waals surface area contributed by atoms with Gasteiger partial charge in [-0.25, -0.2) is 8.42 Å². The number of halogens is 1. The number of aryl methyl sites for hydroxylation is 3. The predicted molar refractivity (Wildman–Crippen MR) is 131 cm³/mol. The van der Waals surface area contributed by atoms with Crippen LogP contribution in [0.2, 0.25) is 5.02 Å². The number of ether oxygens (including phenoxy) is 1. The zero-order valence-electron chi connectivity index (χ0n) is 19.8. The number of amides is 1. The molecule has 2 aromatic carbocycles. The Bertz CT molecular complexity index is 1120. The standard InChI is InChI=1S/C25H31ClN2O5S/c1-17-14-18(2)24(19(3)15-17)34(31,32)28-12-9-21(10-13-28)25(30)33-16-23(29)27-11-8-20-4-6-22(26)7-5-20/h4-7,14-15,21H,8-13,16H2,1-3H3,(H,27,29). The molecular formula is C25H31ClN2O5S. The summed E-state index contributed by atoms with van der Waals surface area (Å²) >= 11 is 5.86. The Hall–Kier alpha value is -2.42. The maximum absolute atomic E-state index is 13.2. The van der Waals surface area contributed by atoms with Gasteiger partial charge in [0.25, 0.3) is 5.91 Å². The van der Waals surface area contributed by atoms with Gasteiger partial charge in [-0.15, -0.1) is 0 Å². The number of carbonyl (C=O) groups excluding carboxylic acids is 2. The number of sulfonamides is 1. The Kier molecular flexibility index (Phi) is 8.73. The summed E-state index contributed by atoms with van der Waals surface area (Å²) in [6.07, 6.45) is 1.37. The number of esters is 1. The minimum absolute atomic E-state index is 0.238. The fraction of sp³-hybridized carbons (Fsp3) is 0.440. The van der Waals surface area contributed by atoms with Gasteiger partial charge in [-0.3, -0.25) is 9.59 Å². The lowest BCUT2D eigenvalue weighted by Crippen LogP contribution is -2.41. The molecule has 3 rings (SSSR count). The van der Waals surface area contributed by atoms with Crippen LogP contribution in [0, 0.1) is 26.7 Å². The van der Waals surface area contributed by atoms with E-state index < -0.39 is 21.9 Å². The smallest absolute Gasteiger partial charge is 0.309 e. The summed E-state index contributed by atoms with van der Waals surface area (Å²) in [6, 6.07) is 11.1. The van der Waals surface area contributed by atoms with E-state index in [-0.39, 0.29) is 25.6 Å². The summed E-state index contributed by atoms with van der Waals surface area (Å²) < 4.78 is 33.0. The van der Waals surface area contributed by atoms with Crippen molar-refractivity contribution in [2.24, 2.45) is 5.92 Å².